The van der Waals surface area contributed by atoms with Crippen molar-refractivity contribution in [3.05, 3.63) is 34.3 Å². The van der Waals surface area contributed by atoms with Crippen LogP contribution in [0.15, 0.2) is 28.7 Å². The summed E-state index contributed by atoms with van der Waals surface area (Å²) in [7, 11) is 0. The molecule has 1 aromatic carbocycles. The van der Waals surface area contributed by atoms with Crippen molar-refractivity contribution in [3.63, 3.8) is 0 Å². The fraction of sp³-hybridized carbons (Fsp3) is 0.455. The molecule has 1 aromatic rings. The quantitative estimate of drug-likeness (QED) is 0.572. The van der Waals surface area contributed by atoms with E-state index in [2.05, 4.69) is 47.1 Å². The molecule has 0 fully saturated rings. The number of halogens is 1. The first-order valence-electron chi connectivity index (χ1n) is 4.65. The zero-order valence-electron chi connectivity index (χ0n) is 7.92. The second-order valence-electron chi connectivity index (χ2n) is 3.00. The van der Waals surface area contributed by atoms with Crippen LogP contribution in [0.25, 0.3) is 0 Å². The number of unbranched alkanes of at least 4 members (excludes halogenated alkanes) is 1. The molecule has 0 bridgehead atoms. The van der Waals surface area contributed by atoms with E-state index in [0.717, 1.165) is 15.0 Å². The molecule has 0 unspecified atom stereocenters. The number of benzene rings is 1. The summed E-state index contributed by atoms with van der Waals surface area (Å²) in [5.74, 6) is 0. The molecular weight excluding hydrogens is 291 g/mol. The van der Waals surface area contributed by atoms with Gasteiger partial charge < -0.3 is 0 Å². The van der Waals surface area contributed by atoms with Crippen LogP contribution in [0.1, 0.15) is 25.3 Å². The van der Waals surface area contributed by atoms with Crippen LogP contribution in [0.2, 0.25) is 5.32 Å². The van der Waals surface area contributed by atoms with E-state index in [4.69, 9.17) is 0 Å². The summed E-state index contributed by atoms with van der Waals surface area (Å²) in [5, 5.41) is 2.69. The Hall–Kier alpha value is 0.219. The Morgan fingerprint density at radius 2 is 2.08 bits per heavy atom. The molecule has 0 aromatic heterocycles. The van der Waals surface area contributed by atoms with Crippen LogP contribution in [0, 0.1) is 0 Å². The van der Waals surface area contributed by atoms with E-state index >= 15 is 0 Å². The minimum absolute atomic E-state index is 0.792. The summed E-state index contributed by atoms with van der Waals surface area (Å²) in [4.78, 5) is 0. The van der Waals surface area contributed by atoms with Gasteiger partial charge in [0.05, 0.1) is 0 Å². The summed E-state index contributed by atoms with van der Waals surface area (Å²) in [6, 6.07) is 8.55. The maximum absolute atomic E-state index is 3.58. The van der Waals surface area contributed by atoms with Crippen LogP contribution in [0.4, 0.5) is 0 Å². The third kappa shape index (κ3) is 4.30. The van der Waals surface area contributed by atoms with Crippen LogP contribution in [0.5, 0.6) is 0 Å². The van der Waals surface area contributed by atoms with Crippen molar-refractivity contribution in [3.8, 4) is 0 Å². The van der Waals surface area contributed by atoms with Crippen molar-refractivity contribution >= 4 is 30.9 Å². The first kappa shape index (κ1) is 11.3. The van der Waals surface area contributed by atoms with Gasteiger partial charge in [-0.25, -0.2) is 0 Å². The van der Waals surface area contributed by atoms with Gasteiger partial charge in [0, 0.05) is 0 Å². The molecule has 0 amide bonds. The fourth-order valence-corrected chi connectivity index (χ4v) is 4.21. The topological polar surface area (TPSA) is 0 Å². The predicted octanol–water partition coefficient (Wildman–Crippen LogP) is 3.87. The van der Waals surface area contributed by atoms with Crippen molar-refractivity contribution in [2.75, 3.05) is 0 Å². The summed E-state index contributed by atoms with van der Waals surface area (Å²) < 4.78 is 1.27. The normalized spacial score (nSPS) is 10.3. The van der Waals surface area contributed by atoms with Crippen molar-refractivity contribution in [1.29, 1.82) is 0 Å². The van der Waals surface area contributed by atoms with E-state index < -0.39 is 0 Å². The van der Waals surface area contributed by atoms with E-state index in [-0.39, 0.29) is 0 Å². The molecule has 0 atom stereocenters. The Morgan fingerprint density at radius 3 is 2.77 bits per heavy atom. The van der Waals surface area contributed by atoms with Gasteiger partial charge in [-0.05, 0) is 0 Å². The van der Waals surface area contributed by atoms with Crippen molar-refractivity contribution in [2.24, 2.45) is 0 Å². The molecule has 0 radical (unpaired) electrons. The Kier molecular flexibility index (Phi) is 5.77. The Morgan fingerprint density at radius 1 is 1.31 bits per heavy atom. The molecular formula is C11H15BrSe. The van der Waals surface area contributed by atoms with E-state index in [1.165, 1.54) is 33.5 Å². The molecule has 2 heteroatoms. The van der Waals surface area contributed by atoms with Crippen LogP contribution in [-0.4, -0.2) is 15.0 Å². The van der Waals surface area contributed by atoms with Crippen molar-refractivity contribution in [2.45, 2.75) is 30.4 Å². The maximum atomic E-state index is 3.58. The van der Waals surface area contributed by atoms with Gasteiger partial charge in [0.15, 0.2) is 0 Å². The van der Waals surface area contributed by atoms with Crippen LogP contribution >= 0.6 is 15.9 Å². The molecule has 0 nitrogen and oxygen atoms in total. The van der Waals surface area contributed by atoms with Gasteiger partial charge in [0.2, 0.25) is 0 Å². The van der Waals surface area contributed by atoms with Gasteiger partial charge >= 0.3 is 95.6 Å². The van der Waals surface area contributed by atoms with Crippen LogP contribution in [0.3, 0.4) is 0 Å². The van der Waals surface area contributed by atoms with Gasteiger partial charge in [-0.15, -0.1) is 0 Å². The minimum atomic E-state index is 0.792. The van der Waals surface area contributed by atoms with Gasteiger partial charge in [-0.3, -0.25) is 0 Å². The summed E-state index contributed by atoms with van der Waals surface area (Å²) in [5.41, 5.74) is 1.47. The standard InChI is InChI=1S/C11H15BrSe/c1-2-3-8-13-9-10-6-4-5-7-11(10)12/h4-7H,2-3,8-9H2,1H3. The summed E-state index contributed by atoms with van der Waals surface area (Å²) >= 11 is 4.37. The fourth-order valence-electron chi connectivity index (χ4n) is 1.04. The second-order valence-corrected chi connectivity index (χ2v) is 6.17. The second kappa shape index (κ2) is 6.64. The first-order chi connectivity index (χ1) is 6.34. The van der Waals surface area contributed by atoms with Crippen molar-refractivity contribution < 1.29 is 0 Å². The average molecular weight is 306 g/mol. The molecule has 0 saturated carbocycles. The molecule has 72 valence electrons. The molecule has 0 spiro atoms. The average Bonchev–Trinajstić information content (AvgIpc) is 2.15. The Labute approximate surface area is 95.4 Å². The van der Waals surface area contributed by atoms with Gasteiger partial charge in [0.25, 0.3) is 0 Å². The monoisotopic (exact) mass is 306 g/mol. The Balaban J connectivity index is 2.32. The van der Waals surface area contributed by atoms with Gasteiger partial charge in [0.1, 0.15) is 0 Å². The number of rotatable bonds is 5. The first-order valence-corrected chi connectivity index (χ1v) is 7.87. The summed E-state index contributed by atoms with van der Waals surface area (Å²) in [6.45, 7) is 2.26. The van der Waals surface area contributed by atoms with E-state index in [9.17, 15) is 0 Å². The molecule has 1 rings (SSSR count). The SMILES string of the molecule is CCCC[Se]Cc1ccccc1Br. The van der Waals surface area contributed by atoms with E-state index in [0.29, 0.717) is 0 Å². The van der Waals surface area contributed by atoms with Crippen LogP contribution in [-0.2, 0) is 5.32 Å². The number of hydrogen-bond donors (Lipinski definition) is 0. The van der Waals surface area contributed by atoms with E-state index in [1.807, 2.05) is 0 Å². The van der Waals surface area contributed by atoms with Gasteiger partial charge in [-0.1, -0.05) is 0 Å². The number of hydrogen-bond acceptors (Lipinski definition) is 0. The molecule has 0 aliphatic carbocycles. The molecule has 0 heterocycles. The van der Waals surface area contributed by atoms with Gasteiger partial charge in [-0.2, -0.15) is 0 Å². The molecule has 13 heavy (non-hydrogen) atoms. The van der Waals surface area contributed by atoms with Crippen molar-refractivity contribution in [1.82, 2.24) is 0 Å². The third-order valence-electron chi connectivity index (χ3n) is 1.86. The van der Waals surface area contributed by atoms with E-state index in [1.54, 1.807) is 0 Å². The Bertz CT molecular complexity index is 248. The molecule has 0 N–H and O–H groups in total. The molecule has 0 aliphatic rings. The molecule has 0 aliphatic heterocycles. The summed E-state index contributed by atoms with van der Waals surface area (Å²) in [6.07, 6.45) is 2.72. The van der Waals surface area contributed by atoms with Crippen LogP contribution < -0.4 is 0 Å². The predicted molar refractivity (Wildman–Crippen MR) is 63.3 cm³/mol. The zero-order valence-corrected chi connectivity index (χ0v) is 11.2. The zero-order chi connectivity index (χ0) is 9.52. The molecule has 0 saturated heterocycles. The third-order valence-corrected chi connectivity index (χ3v) is 4.92.